The Kier molecular flexibility index (Phi) is 5.15. The molecule has 0 amide bonds. The van der Waals surface area contributed by atoms with E-state index in [1.807, 2.05) is 7.05 Å². The first-order chi connectivity index (χ1) is 3.93. The summed E-state index contributed by atoms with van der Waals surface area (Å²) >= 11 is 0. The molecule has 0 radical (unpaired) electrons. The molecule has 1 aliphatic rings. The molecule has 1 N–H and O–H groups in total. The Labute approximate surface area is 63.0 Å². The van der Waals surface area contributed by atoms with Crippen LogP contribution in [0.2, 0.25) is 0 Å². The van der Waals surface area contributed by atoms with Crippen molar-refractivity contribution >= 4 is 12.4 Å². The molecule has 0 saturated carbocycles. The van der Waals surface area contributed by atoms with E-state index >= 15 is 0 Å². The minimum atomic E-state index is 0. The highest BCUT2D eigenvalue weighted by Crippen LogP contribution is 2.04. The van der Waals surface area contributed by atoms with Crippen LogP contribution in [0.4, 0.5) is 0 Å². The van der Waals surface area contributed by atoms with Gasteiger partial charge in [-0.15, -0.1) is 12.4 Å². The third-order valence-corrected chi connectivity index (χ3v) is 1.67. The van der Waals surface area contributed by atoms with Crippen LogP contribution in [0.3, 0.4) is 0 Å². The Bertz CT molecular complexity index is 62.1. The van der Waals surface area contributed by atoms with E-state index in [1.165, 1.54) is 32.4 Å². The number of hydrogen-bond acceptors (Lipinski definition) is 2. The number of hydrogen-bond donors (Lipinski definition) is 1. The molecule has 1 heterocycles. The molecule has 56 valence electrons. The van der Waals surface area contributed by atoms with Gasteiger partial charge in [-0.05, 0) is 19.9 Å². The fraction of sp³-hybridized carbons (Fsp3) is 1.00. The van der Waals surface area contributed by atoms with Gasteiger partial charge in [0, 0.05) is 13.1 Å². The van der Waals surface area contributed by atoms with Crippen molar-refractivity contribution < 1.29 is 0 Å². The van der Waals surface area contributed by atoms with Crippen LogP contribution in [0, 0.1) is 0 Å². The molecule has 0 atom stereocenters. The van der Waals surface area contributed by atoms with Gasteiger partial charge in [-0.1, -0.05) is 6.42 Å². The van der Waals surface area contributed by atoms with Crippen molar-refractivity contribution in [3.8, 4) is 0 Å². The quantitative estimate of drug-likeness (QED) is 0.601. The van der Waals surface area contributed by atoms with E-state index < -0.39 is 0 Å². The van der Waals surface area contributed by atoms with Crippen molar-refractivity contribution in [3.05, 3.63) is 0 Å². The van der Waals surface area contributed by atoms with Gasteiger partial charge in [-0.25, -0.2) is 5.01 Å². The van der Waals surface area contributed by atoms with Crippen LogP contribution < -0.4 is 5.43 Å². The van der Waals surface area contributed by atoms with Gasteiger partial charge in [-0.3, -0.25) is 5.43 Å². The highest BCUT2D eigenvalue weighted by atomic mass is 35.5. The van der Waals surface area contributed by atoms with Crippen LogP contribution in [-0.4, -0.2) is 25.1 Å². The van der Waals surface area contributed by atoms with Gasteiger partial charge in [0.1, 0.15) is 0 Å². The maximum atomic E-state index is 3.14. The first-order valence-corrected chi connectivity index (χ1v) is 3.36. The zero-order valence-corrected chi connectivity index (χ0v) is 6.71. The third kappa shape index (κ3) is 3.04. The van der Waals surface area contributed by atoms with E-state index in [1.54, 1.807) is 0 Å². The molecule has 0 bridgehead atoms. The van der Waals surface area contributed by atoms with Crippen molar-refractivity contribution in [1.82, 2.24) is 10.4 Å². The van der Waals surface area contributed by atoms with Crippen LogP contribution in [0.5, 0.6) is 0 Å². The van der Waals surface area contributed by atoms with Gasteiger partial charge in [-0.2, -0.15) is 0 Å². The highest BCUT2D eigenvalue weighted by Gasteiger charge is 2.05. The summed E-state index contributed by atoms with van der Waals surface area (Å²) in [4.78, 5) is 0. The molecule has 0 spiro atoms. The van der Waals surface area contributed by atoms with E-state index in [4.69, 9.17) is 0 Å². The van der Waals surface area contributed by atoms with Gasteiger partial charge in [0.2, 0.25) is 0 Å². The lowest BCUT2D eigenvalue weighted by Crippen LogP contribution is -2.38. The summed E-state index contributed by atoms with van der Waals surface area (Å²) in [6.45, 7) is 2.47. The molecule has 2 nitrogen and oxygen atoms in total. The average molecular weight is 151 g/mol. The van der Waals surface area contributed by atoms with Gasteiger partial charge in [0.15, 0.2) is 0 Å². The molecule has 0 unspecified atom stereocenters. The molecule has 1 saturated heterocycles. The van der Waals surface area contributed by atoms with E-state index in [0.29, 0.717) is 0 Å². The lowest BCUT2D eigenvalue weighted by atomic mass is 10.2. The van der Waals surface area contributed by atoms with Crippen molar-refractivity contribution in [2.24, 2.45) is 0 Å². The van der Waals surface area contributed by atoms with Crippen LogP contribution in [0.1, 0.15) is 19.3 Å². The highest BCUT2D eigenvalue weighted by molar-refractivity contribution is 5.85. The van der Waals surface area contributed by atoms with Crippen molar-refractivity contribution in [2.75, 3.05) is 20.1 Å². The van der Waals surface area contributed by atoms with E-state index in [9.17, 15) is 0 Å². The first kappa shape index (κ1) is 9.21. The molecule has 9 heavy (non-hydrogen) atoms. The molecule has 3 heteroatoms. The summed E-state index contributed by atoms with van der Waals surface area (Å²) in [5.41, 5.74) is 3.14. The standard InChI is InChI=1S/C6H14N2.ClH/c1-7-8-5-3-2-4-6-8;/h7H,2-6H2,1H3;1H. The second-order valence-corrected chi connectivity index (χ2v) is 2.27. The molecule has 0 aliphatic carbocycles. The fourth-order valence-corrected chi connectivity index (χ4v) is 1.12. The van der Waals surface area contributed by atoms with Crippen LogP contribution in [0.15, 0.2) is 0 Å². The molecule has 1 aliphatic heterocycles. The van der Waals surface area contributed by atoms with Gasteiger partial charge < -0.3 is 0 Å². The van der Waals surface area contributed by atoms with Crippen molar-refractivity contribution in [1.29, 1.82) is 0 Å². The molecule has 0 aromatic carbocycles. The number of nitrogens with one attached hydrogen (secondary N) is 1. The molecule has 1 fully saturated rings. The van der Waals surface area contributed by atoms with Crippen LogP contribution in [-0.2, 0) is 0 Å². The molecule has 0 aromatic heterocycles. The molecule has 1 rings (SSSR count). The maximum Gasteiger partial charge on any atom is 0.0130 e. The van der Waals surface area contributed by atoms with Crippen molar-refractivity contribution in [2.45, 2.75) is 19.3 Å². The summed E-state index contributed by atoms with van der Waals surface area (Å²) in [5, 5.41) is 2.27. The van der Waals surface area contributed by atoms with Gasteiger partial charge in [0.25, 0.3) is 0 Å². The Morgan fingerprint density at radius 3 is 2.00 bits per heavy atom. The van der Waals surface area contributed by atoms with Crippen molar-refractivity contribution in [3.63, 3.8) is 0 Å². The lowest BCUT2D eigenvalue weighted by molar-refractivity contribution is 0.171. The lowest BCUT2D eigenvalue weighted by Gasteiger charge is -2.24. The zero-order valence-electron chi connectivity index (χ0n) is 5.89. The Morgan fingerprint density at radius 2 is 1.67 bits per heavy atom. The monoisotopic (exact) mass is 150 g/mol. The summed E-state index contributed by atoms with van der Waals surface area (Å²) in [6.07, 6.45) is 4.14. The smallest absolute Gasteiger partial charge is 0.0130 e. The SMILES string of the molecule is CNN1CCCCC1.Cl. The molecular formula is C6H15ClN2. The van der Waals surface area contributed by atoms with E-state index in [-0.39, 0.29) is 12.4 Å². The fourth-order valence-electron chi connectivity index (χ4n) is 1.12. The second kappa shape index (κ2) is 5.03. The molecular weight excluding hydrogens is 136 g/mol. The minimum absolute atomic E-state index is 0. The summed E-state index contributed by atoms with van der Waals surface area (Å²) in [6, 6.07) is 0. The maximum absolute atomic E-state index is 3.14. The van der Waals surface area contributed by atoms with E-state index in [0.717, 1.165) is 0 Å². The number of rotatable bonds is 1. The largest absolute Gasteiger partial charge is 0.258 e. The van der Waals surface area contributed by atoms with E-state index in [2.05, 4.69) is 10.4 Å². The summed E-state index contributed by atoms with van der Waals surface area (Å²) in [7, 11) is 1.99. The normalized spacial score (nSPS) is 21.0. The summed E-state index contributed by atoms with van der Waals surface area (Å²) in [5.74, 6) is 0. The van der Waals surface area contributed by atoms with Crippen LogP contribution >= 0.6 is 12.4 Å². The van der Waals surface area contributed by atoms with Gasteiger partial charge >= 0.3 is 0 Å². The second-order valence-electron chi connectivity index (χ2n) is 2.27. The number of hydrazine groups is 1. The minimum Gasteiger partial charge on any atom is -0.258 e. The first-order valence-electron chi connectivity index (χ1n) is 3.36. The zero-order chi connectivity index (χ0) is 5.82. The topological polar surface area (TPSA) is 15.3 Å². The average Bonchev–Trinajstić information content (AvgIpc) is 1.90. The number of nitrogens with zero attached hydrogens (tertiary/aromatic N) is 1. The third-order valence-electron chi connectivity index (χ3n) is 1.67. The molecule has 0 aromatic rings. The predicted molar refractivity (Wildman–Crippen MR) is 41.7 cm³/mol. The Balaban J connectivity index is 0.000000640. The summed E-state index contributed by atoms with van der Waals surface area (Å²) < 4.78 is 0. The number of halogens is 1. The Morgan fingerprint density at radius 1 is 1.11 bits per heavy atom. The predicted octanol–water partition coefficient (Wildman–Crippen LogP) is 1.03. The van der Waals surface area contributed by atoms with Crippen LogP contribution in [0.25, 0.3) is 0 Å². The van der Waals surface area contributed by atoms with Gasteiger partial charge in [0.05, 0.1) is 0 Å². The number of piperidine rings is 1. The Hall–Kier alpha value is 0.210.